The summed E-state index contributed by atoms with van der Waals surface area (Å²) in [5, 5.41) is 0. The molecule has 0 spiro atoms. The molecule has 0 fully saturated rings. The van der Waals surface area contributed by atoms with Crippen LogP contribution in [0.3, 0.4) is 0 Å². The first-order chi connectivity index (χ1) is 5.25. The van der Waals surface area contributed by atoms with E-state index in [2.05, 4.69) is 37.9 Å². The zero-order chi connectivity index (χ0) is 8.27. The number of nitrogens with zero attached hydrogens (tertiary/aromatic N) is 1. The second-order valence-corrected chi connectivity index (χ2v) is 2.86. The second-order valence-electron chi connectivity index (χ2n) is 2.86. The Morgan fingerprint density at radius 2 is 2.36 bits per heavy atom. The average Bonchev–Trinajstić information content (AvgIpc) is 2.36. The molecule has 11 heavy (non-hydrogen) atoms. The van der Waals surface area contributed by atoms with Crippen LogP contribution in [0.2, 0.25) is 0 Å². The fourth-order valence-electron chi connectivity index (χ4n) is 1.36. The summed E-state index contributed by atoms with van der Waals surface area (Å²) in [6.45, 7) is 7.20. The van der Waals surface area contributed by atoms with Crippen LogP contribution in [0.5, 0.6) is 0 Å². The Bertz CT molecular complexity index is 231. The van der Waals surface area contributed by atoms with E-state index in [1.165, 1.54) is 16.9 Å². The average molecular weight is 149 g/mol. The first-order valence-corrected chi connectivity index (χ1v) is 4.13. The molecule has 0 atom stereocenters. The fourth-order valence-corrected chi connectivity index (χ4v) is 1.36. The number of aliphatic imine (C=N–C) groups is 1. The highest BCUT2D eigenvalue weighted by atomic mass is 14.7. The van der Waals surface area contributed by atoms with Gasteiger partial charge in [0, 0.05) is 12.3 Å². The second kappa shape index (κ2) is 3.51. The third-order valence-corrected chi connectivity index (χ3v) is 1.95. The molecule has 1 heteroatoms. The van der Waals surface area contributed by atoms with Crippen LogP contribution >= 0.6 is 0 Å². The molecular weight excluding hydrogens is 134 g/mol. The van der Waals surface area contributed by atoms with Gasteiger partial charge in [-0.2, -0.15) is 0 Å². The first-order valence-electron chi connectivity index (χ1n) is 4.13. The molecule has 0 saturated carbocycles. The zero-order valence-corrected chi connectivity index (χ0v) is 7.52. The molecule has 0 amide bonds. The maximum absolute atomic E-state index is 4.36. The van der Waals surface area contributed by atoms with E-state index in [0.29, 0.717) is 0 Å². The van der Waals surface area contributed by atoms with Crippen LogP contribution in [0.4, 0.5) is 0 Å². The van der Waals surface area contributed by atoms with Crippen LogP contribution in [0, 0.1) is 0 Å². The predicted molar refractivity (Wildman–Crippen MR) is 50.1 cm³/mol. The summed E-state index contributed by atoms with van der Waals surface area (Å²) >= 11 is 0. The normalized spacial score (nSPS) is 18.3. The molecule has 0 aromatic rings. The van der Waals surface area contributed by atoms with E-state index in [4.69, 9.17) is 0 Å². The Balaban J connectivity index is 2.82. The minimum atomic E-state index is 0.885. The van der Waals surface area contributed by atoms with Crippen molar-refractivity contribution in [2.24, 2.45) is 4.99 Å². The van der Waals surface area contributed by atoms with Gasteiger partial charge in [-0.1, -0.05) is 17.7 Å². The van der Waals surface area contributed by atoms with Crippen LogP contribution in [0.15, 0.2) is 28.3 Å². The van der Waals surface area contributed by atoms with Gasteiger partial charge in [-0.15, -0.1) is 0 Å². The standard InChI is InChI=1S/C10H15N/c1-4-11-9(3)10-7-5-6-8(10)2/h5,7H,4,6H2,1-3H3. The SMILES string of the molecule is CCN=C(C)C1=C(C)CC=C1. The fraction of sp³-hybridized carbons (Fsp3) is 0.500. The van der Waals surface area contributed by atoms with E-state index in [0.717, 1.165) is 13.0 Å². The summed E-state index contributed by atoms with van der Waals surface area (Å²) in [6, 6.07) is 0. The van der Waals surface area contributed by atoms with Gasteiger partial charge in [-0.25, -0.2) is 0 Å². The van der Waals surface area contributed by atoms with Crippen LogP contribution in [0.1, 0.15) is 27.2 Å². The van der Waals surface area contributed by atoms with Gasteiger partial charge in [-0.3, -0.25) is 4.99 Å². The van der Waals surface area contributed by atoms with Gasteiger partial charge < -0.3 is 0 Å². The third-order valence-electron chi connectivity index (χ3n) is 1.95. The van der Waals surface area contributed by atoms with Crippen molar-refractivity contribution in [3.63, 3.8) is 0 Å². The quantitative estimate of drug-likeness (QED) is 0.535. The molecule has 1 rings (SSSR count). The van der Waals surface area contributed by atoms with E-state index in [1.54, 1.807) is 0 Å². The highest BCUT2D eigenvalue weighted by Gasteiger charge is 2.06. The lowest BCUT2D eigenvalue weighted by atomic mass is 10.1. The molecular formula is C10H15N. The minimum absolute atomic E-state index is 0.885. The molecule has 0 saturated heterocycles. The first kappa shape index (κ1) is 8.25. The Morgan fingerprint density at radius 1 is 1.64 bits per heavy atom. The van der Waals surface area contributed by atoms with Gasteiger partial charge in [0.15, 0.2) is 0 Å². The molecule has 0 N–H and O–H groups in total. The maximum Gasteiger partial charge on any atom is 0.0388 e. The van der Waals surface area contributed by atoms with Gasteiger partial charge in [-0.05, 0) is 32.8 Å². The third kappa shape index (κ3) is 1.79. The van der Waals surface area contributed by atoms with Crippen molar-refractivity contribution in [1.82, 2.24) is 0 Å². The molecule has 1 aliphatic carbocycles. The van der Waals surface area contributed by atoms with Crippen molar-refractivity contribution >= 4 is 5.71 Å². The van der Waals surface area contributed by atoms with Crippen molar-refractivity contribution in [1.29, 1.82) is 0 Å². The Hall–Kier alpha value is -0.850. The van der Waals surface area contributed by atoms with Gasteiger partial charge in [0.2, 0.25) is 0 Å². The topological polar surface area (TPSA) is 12.4 Å². The van der Waals surface area contributed by atoms with Crippen molar-refractivity contribution in [2.75, 3.05) is 6.54 Å². The smallest absolute Gasteiger partial charge is 0.0388 e. The summed E-state index contributed by atoms with van der Waals surface area (Å²) in [5.41, 5.74) is 3.96. The van der Waals surface area contributed by atoms with Gasteiger partial charge in [0.1, 0.15) is 0 Å². The van der Waals surface area contributed by atoms with Crippen LogP contribution in [0.25, 0.3) is 0 Å². The summed E-state index contributed by atoms with van der Waals surface area (Å²) in [7, 11) is 0. The van der Waals surface area contributed by atoms with Crippen LogP contribution in [-0.4, -0.2) is 12.3 Å². The summed E-state index contributed by atoms with van der Waals surface area (Å²) < 4.78 is 0. The molecule has 1 nitrogen and oxygen atoms in total. The van der Waals surface area contributed by atoms with Crippen molar-refractivity contribution in [3.05, 3.63) is 23.3 Å². The summed E-state index contributed by atoms with van der Waals surface area (Å²) in [5.74, 6) is 0. The van der Waals surface area contributed by atoms with Crippen LogP contribution < -0.4 is 0 Å². The molecule has 1 aliphatic rings. The lowest BCUT2D eigenvalue weighted by Gasteiger charge is -2.00. The molecule has 0 aromatic carbocycles. The van der Waals surface area contributed by atoms with Crippen molar-refractivity contribution < 1.29 is 0 Å². The summed E-state index contributed by atoms with van der Waals surface area (Å²) in [6.07, 6.45) is 5.47. The molecule has 0 aromatic heterocycles. The number of allylic oxidation sites excluding steroid dienone is 4. The maximum atomic E-state index is 4.36. The van der Waals surface area contributed by atoms with Gasteiger partial charge >= 0.3 is 0 Å². The minimum Gasteiger partial charge on any atom is -0.290 e. The number of hydrogen-bond donors (Lipinski definition) is 0. The van der Waals surface area contributed by atoms with Gasteiger partial charge in [0.25, 0.3) is 0 Å². The van der Waals surface area contributed by atoms with Crippen molar-refractivity contribution in [2.45, 2.75) is 27.2 Å². The summed E-state index contributed by atoms with van der Waals surface area (Å²) in [4.78, 5) is 4.36. The van der Waals surface area contributed by atoms with Gasteiger partial charge in [0.05, 0.1) is 0 Å². The number of rotatable bonds is 2. The monoisotopic (exact) mass is 149 g/mol. The largest absolute Gasteiger partial charge is 0.290 e. The van der Waals surface area contributed by atoms with E-state index in [1.807, 2.05) is 0 Å². The highest BCUT2D eigenvalue weighted by molar-refractivity contribution is 6.02. The zero-order valence-electron chi connectivity index (χ0n) is 7.52. The Kier molecular flexibility index (Phi) is 2.64. The van der Waals surface area contributed by atoms with E-state index in [9.17, 15) is 0 Å². The Morgan fingerprint density at radius 3 is 2.82 bits per heavy atom. The lowest BCUT2D eigenvalue weighted by molar-refractivity contribution is 1.12. The number of hydrogen-bond acceptors (Lipinski definition) is 1. The molecule has 0 aliphatic heterocycles. The van der Waals surface area contributed by atoms with Crippen LogP contribution in [-0.2, 0) is 0 Å². The molecule has 0 unspecified atom stereocenters. The van der Waals surface area contributed by atoms with E-state index in [-0.39, 0.29) is 0 Å². The molecule has 60 valence electrons. The highest BCUT2D eigenvalue weighted by Crippen LogP contribution is 2.19. The predicted octanol–water partition coefficient (Wildman–Crippen LogP) is 2.74. The molecule has 0 radical (unpaired) electrons. The molecule has 0 bridgehead atoms. The molecule has 0 heterocycles. The van der Waals surface area contributed by atoms with Crippen molar-refractivity contribution in [3.8, 4) is 0 Å². The lowest BCUT2D eigenvalue weighted by Crippen LogP contribution is -1.95. The van der Waals surface area contributed by atoms with E-state index < -0.39 is 0 Å². The Labute approximate surface area is 68.5 Å². The van der Waals surface area contributed by atoms with E-state index >= 15 is 0 Å².